The lowest BCUT2D eigenvalue weighted by Gasteiger charge is -2.32. The van der Waals surface area contributed by atoms with Crippen LogP contribution in [0.5, 0.6) is 5.75 Å². The number of aryl methyl sites for hydroxylation is 2. The molecular weight excluding hydrogens is 521 g/mol. The van der Waals surface area contributed by atoms with E-state index in [9.17, 15) is 0 Å². The third kappa shape index (κ3) is 5.89. The van der Waals surface area contributed by atoms with Crippen molar-refractivity contribution in [3.8, 4) is 16.9 Å². The predicted molar refractivity (Wildman–Crippen MR) is 153 cm³/mol. The smallest absolute Gasteiger partial charge is 0.165 e. The van der Waals surface area contributed by atoms with Crippen LogP contribution in [-0.4, -0.2) is 63.8 Å². The summed E-state index contributed by atoms with van der Waals surface area (Å²) in [5.41, 5.74) is 5.26. The van der Waals surface area contributed by atoms with E-state index >= 15 is 0 Å². The second-order valence-corrected chi connectivity index (χ2v) is 10.5. The molecule has 1 fully saturated rings. The first-order chi connectivity index (χ1) is 18.4. The average Bonchev–Trinajstić information content (AvgIpc) is 3.23. The highest BCUT2D eigenvalue weighted by atomic mass is 35.5. The normalized spacial score (nSPS) is 14.8. The second kappa shape index (κ2) is 11.9. The zero-order valence-electron chi connectivity index (χ0n) is 22.0. The monoisotopic (exact) mass is 553 g/mol. The molecule has 0 atom stereocenters. The number of likely N-dealkylation sites (tertiary alicyclic amines) is 1. The van der Waals surface area contributed by atoms with Crippen molar-refractivity contribution in [3.05, 3.63) is 69.7 Å². The number of fused-ring (bicyclic) bond motifs is 1. The van der Waals surface area contributed by atoms with Gasteiger partial charge in [-0.3, -0.25) is 9.88 Å². The molecule has 10 heteroatoms. The van der Waals surface area contributed by atoms with Crippen LogP contribution in [0.25, 0.3) is 16.8 Å². The number of methoxy groups -OCH3 is 1. The van der Waals surface area contributed by atoms with Gasteiger partial charge in [-0.05, 0) is 69.6 Å². The first-order valence-corrected chi connectivity index (χ1v) is 13.7. The summed E-state index contributed by atoms with van der Waals surface area (Å²) < 4.78 is 7.15. The number of rotatable bonds is 9. The molecule has 0 spiro atoms. The van der Waals surface area contributed by atoms with Crippen LogP contribution in [0.4, 0.5) is 5.82 Å². The minimum atomic E-state index is 0.501. The van der Waals surface area contributed by atoms with E-state index in [2.05, 4.69) is 32.7 Å². The number of piperidine rings is 1. The summed E-state index contributed by atoms with van der Waals surface area (Å²) in [5, 5.41) is 13.0. The molecule has 4 aromatic rings. The number of pyridine rings is 1. The van der Waals surface area contributed by atoms with Crippen molar-refractivity contribution in [1.29, 1.82) is 0 Å². The molecule has 200 valence electrons. The maximum Gasteiger partial charge on any atom is 0.165 e. The van der Waals surface area contributed by atoms with Gasteiger partial charge in [-0.25, -0.2) is 4.98 Å². The molecule has 4 heterocycles. The Bertz CT molecular complexity index is 1380. The zero-order valence-corrected chi connectivity index (χ0v) is 23.5. The number of ether oxygens (including phenoxy) is 1. The number of hydrogen-bond acceptors (Lipinski definition) is 7. The van der Waals surface area contributed by atoms with Crippen LogP contribution < -0.4 is 15.4 Å². The Kier molecular flexibility index (Phi) is 8.33. The molecule has 0 aliphatic carbocycles. The second-order valence-electron chi connectivity index (χ2n) is 9.73. The summed E-state index contributed by atoms with van der Waals surface area (Å²) in [6, 6.07) is 10.3. The van der Waals surface area contributed by atoms with Crippen LogP contribution in [-0.2, 0) is 6.54 Å². The van der Waals surface area contributed by atoms with Crippen molar-refractivity contribution in [3.63, 3.8) is 0 Å². The summed E-state index contributed by atoms with van der Waals surface area (Å²) in [7, 11) is 1.59. The molecule has 2 N–H and O–H groups in total. The fourth-order valence-corrected chi connectivity index (χ4v) is 5.73. The van der Waals surface area contributed by atoms with Gasteiger partial charge >= 0.3 is 0 Å². The first kappa shape index (κ1) is 26.7. The Morgan fingerprint density at radius 2 is 1.71 bits per heavy atom. The van der Waals surface area contributed by atoms with Crippen molar-refractivity contribution < 1.29 is 4.74 Å². The molecule has 5 rings (SSSR count). The Morgan fingerprint density at radius 1 is 1.00 bits per heavy atom. The molecule has 38 heavy (non-hydrogen) atoms. The van der Waals surface area contributed by atoms with E-state index in [1.54, 1.807) is 19.2 Å². The molecule has 0 saturated carbocycles. The number of aromatic nitrogens is 4. The van der Waals surface area contributed by atoms with Gasteiger partial charge < -0.3 is 15.4 Å². The summed E-state index contributed by atoms with van der Waals surface area (Å²) >= 11 is 13.2. The van der Waals surface area contributed by atoms with Crippen molar-refractivity contribution in [2.24, 2.45) is 0 Å². The molecule has 1 aliphatic heterocycles. The molecule has 1 aliphatic rings. The van der Waals surface area contributed by atoms with E-state index in [1.165, 1.54) is 5.56 Å². The Labute approximate surface area is 233 Å². The first-order valence-electron chi connectivity index (χ1n) is 12.9. The molecule has 1 aromatic carbocycles. The van der Waals surface area contributed by atoms with Crippen LogP contribution in [0.15, 0.2) is 42.7 Å². The highest BCUT2D eigenvalue weighted by Gasteiger charge is 2.22. The molecule has 0 bridgehead atoms. The lowest BCUT2D eigenvalue weighted by Crippen LogP contribution is -2.43. The van der Waals surface area contributed by atoms with Gasteiger partial charge in [0.05, 0.1) is 28.4 Å². The van der Waals surface area contributed by atoms with Crippen LogP contribution >= 0.6 is 23.2 Å². The van der Waals surface area contributed by atoms with Crippen LogP contribution in [0.2, 0.25) is 10.0 Å². The molecule has 0 unspecified atom stereocenters. The van der Waals surface area contributed by atoms with Gasteiger partial charge in [-0.1, -0.05) is 23.2 Å². The Morgan fingerprint density at radius 3 is 2.39 bits per heavy atom. The zero-order chi connectivity index (χ0) is 26.6. The summed E-state index contributed by atoms with van der Waals surface area (Å²) in [6.45, 7) is 8.75. The largest absolute Gasteiger partial charge is 0.497 e. The topological polar surface area (TPSA) is 79.6 Å². The molecule has 8 nitrogen and oxygen atoms in total. The van der Waals surface area contributed by atoms with Gasteiger partial charge in [0.2, 0.25) is 0 Å². The Hall–Kier alpha value is -2.91. The van der Waals surface area contributed by atoms with Crippen molar-refractivity contribution in [2.45, 2.75) is 39.3 Å². The lowest BCUT2D eigenvalue weighted by atomic mass is 10.0. The summed E-state index contributed by atoms with van der Waals surface area (Å²) in [4.78, 5) is 11.4. The van der Waals surface area contributed by atoms with Gasteiger partial charge in [-0.2, -0.15) is 9.61 Å². The van der Waals surface area contributed by atoms with E-state index in [0.29, 0.717) is 33.0 Å². The number of halogens is 2. The molecule has 0 radical (unpaired) electrons. The van der Waals surface area contributed by atoms with E-state index in [1.807, 2.05) is 36.8 Å². The minimum Gasteiger partial charge on any atom is -0.497 e. The number of benzene rings is 1. The van der Waals surface area contributed by atoms with Gasteiger partial charge in [0.1, 0.15) is 11.6 Å². The van der Waals surface area contributed by atoms with E-state index in [4.69, 9.17) is 38.0 Å². The molecule has 0 amide bonds. The van der Waals surface area contributed by atoms with Crippen molar-refractivity contribution in [1.82, 2.24) is 29.8 Å². The quantitative estimate of drug-likeness (QED) is 0.269. The van der Waals surface area contributed by atoms with Gasteiger partial charge in [0.25, 0.3) is 0 Å². The average molecular weight is 555 g/mol. The summed E-state index contributed by atoms with van der Waals surface area (Å²) in [5.74, 6) is 1.49. The minimum absolute atomic E-state index is 0.501. The van der Waals surface area contributed by atoms with E-state index in [-0.39, 0.29) is 0 Å². The Balaban J connectivity index is 1.22. The van der Waals surface area contributed by atoms with Crippen LogP contribution in [0.1, 0.15) is 29.8 Å². The standard InChI is InChI=1S/C28H33Cl2N7O/c1-18-14-25(33-11-10-32-21-6-12-36(13-7-21)17-20-4-8-31-9-5-20)37-28(34-18)26(19(2)35-37)27-23(29)15-22(38-3)16-24(27)30/h4-5,8-9,14-16,21,32-33H,6-7,10-13,17H2,1-3H3. The third-order valence-corrected chi connectivity index (χ3v) is 7.60. The number of anilines is 1. The van der Waals surface area contributed by atoms with E-state index in [0.717, 1.165) is 68.3 Å². The SMILES string of the molecule is COc1cc(Cl)c(-c2c(C)nn3c(NCCNC4CCN(Cc5ccncc5)CC4)cc(C)nc23)c(Cl)c1. The molecular formula is C28H33Cl2N7O. The number of nitrogens with zero attached hydrogens (tertiary/aromatic N) is 5. The maximum absolute atomic E-state index is 6.62. The number of nitrogens with one attached hydrogen (secondary N) is 2. The highest BCUT2D eigenvalue weighted by molar-refractivity contribution is 6.39. The fourth-order valence-electron chi connectivity index (χ4n) is 5.08. The third-order valence-electron chi connectivity index (χ3n) is 7.00. The van der Waals surface area contributed by atoms with Gasteiger partial charge in [-0.15, -0.1) is 0 Å². The van der Waals surface area contributed by atoms with Crippen molar-refractivity contribution >= 4 is 34.7 Å². The fraction of sp³-hybridized carbons (Fsp3) is 0.393. The summed E-state index contributed by atoms with van der Waals surface area (Å²) in [6.07, 6.45) is 6.02. The van der Waals surface area contributed by atoms with Gasteiger partial charge in [0.15, 0.2) is 5.65 Å². The van der Waals surface area contributed by atoms with Gasteiger partial charge in [0, 0.05) is 55.4 Å². The predicted octanol–water partition coefficient (Wildman–Crippen LogP) is 5.39. The molecule has 1 saturated heterocycles. The number of hydrogen-bond donors (Lipinski definition) is 2. The molecule has 3 aromatic heterocycles. The van der Waals surface area contributed by atoms with Crippen LogP contribution in [0.3, 0.4) is 0 Å². The van der Waals surface area contributed by atoms with Crippen molar-refractivity contribution in [2.75, 3.05) is 38.6 Å². The highest BCUT2D eigenvalue weighted by Crippen LogP contribution is 2.41. The lowest BCUT2D eigenvalue weighted by molar-refractivity contribution is 0.191. The maximum atomic E-state index is 6.62. The van der Waals surface area contributed by atoms with Crippen LogP contribution in [0, 0.1) is 13.8 Å². The van der Waals surface area contributed by atoms with E-state index < -0.39 is 0 Å².